The largest absolute Gasteiger partial charge is 0.494 e. The maximum Gasteiger partial charge on any atom is 0.337 e. The second kappa shape index (κ2) is 10.0. The third-order valence-corrected chi connectivity index (χ3v) is 3.65. The molecule has 0 aliphatic heterocycles. The lowest BCUT2D eigenvalue weighted by Crippen LogP contribution is -2.08. The minimum atomic E-state index is -0.412. The highest BCUT2D eigenvalue weighted by molar-refractivity contribution is 6.02. The average Bonchev–Trinajstić information content (AvgIpc) is 2.67. The summed E-state index contributed by atoms with van der Waals surface area (Å²) in [5.41, 5.74) is 1.94. The Labute approximate surface area is 153 Å². The van der Waals surface area contributed by atoms with Gasteiger partial charge in [-0.3, -0.25) is 4.79 Å². The molecule has 2 aromatic rings. The van der Waals surface area contributed by atoms with E-state index in [2.05, 4.69) is 17.0 Å². The highest BCUT2D eigenvalue weighted by Crippen LogP contribution is 2.14. The fourth-order valence-corrected chi connectivity index (χ4v) is 2.17. The zero-order valence-corrected chi connectivity index (χ0v) is 15.0. The summed E-state index contributed by atoms with van der Waals surface area (Å²) >= 11 is 0. The van der Waals surface area contributed by atoms with E-state index < -0.39 is 5.97 Å². The fourth-order valence-electron chi connectivity index (χ4n) is 2.17. The summed E-state index contributed by atoms with van der Waals surface area (Å²) in [7, 11) is 1.33. The number of methoxy groups -OCH3 is 1. The van der Waals surface area contributed by atoms with Crippen molar-refractivity contribution in [3.63, 3.8) is 0 Å². The van der Waals surface area contributed by atoms with Crippen molar-refractivity contribution in [3.05, 3.63) is 65.7 Å². The lowest BCUT2D eigenvalue weighted by molar-refractivity contribution is -0.111. The molecular weight excluding hydrogens is 330 g/mol. The van der Waals surface area contributed by atoms with Crippen LogP contribution in [0.2, 0.25) is 0 Å². The molecule has 0 bridgehead atoms. The van der Waals surface area contributed by atoms with Crippen molar-refractivity contribution in [1.82, 2.24) is 0 Å². The van der Waals surface area contributed by atoms with Crippen LogP contribution in [-0.2, 0) is 9.53 Å². The van der Waals surface area contributed by atoms with Gasteiger partial charge in [0, 0.05) is 11.8 Å². The number of benzene rings is 2. The Morgan fingerprint density at radius 2 is 1.73 bits per heavy atom. The minimum absolute atomic E-state index is 0.251. The van der Waals surface area contributed by atoms with E-state index in [4.69, 9.17) is 4.74 Å². The van der Waals surface area contributed by atoms with E-state index in [9.17, 15) is 9.59 Å². The van der Waals surface area contributed by atoms with Gasteiger partial charge in [0.2, 0.25) is 5.91 Å². The van der Waals surface area contributed by atoms with Crippen LogP contribution in [0, 0.1) is 0 Å². The Kier molecular flexibility index (Phi) is 7.43. The summed E-state index contributed by atoms with van der Waals surface area (Å²) < 4.78 is 10.2. The zero-order valence-electron chi connectivity index (χ0n) is 15.0. The summed E-state index contributed by atoms with van der Waals surface area (Å²) in [5, 5.41) is 2.74. The number of hydrogen-bond donors (Lipinski definition) is 1. The van der Waals surface area contributed by atoms with Crippen LogP contribution in [0.5, 0.6) is 5.75 Å². The molecule has 5 nitrogen and oxygen atoms in total. The van der Waals surface area contributed by atoms with E-state index in [1.807, 2.05) is 24.3 Å². The van der Waals surface area contributed by atoms with Crippen molar-refractivity contribution >= 4 is 23.6 Å². The van der Waals surface area contributed by atoms with E-state index in [1.54, 1.807) is 30.3 Å². The van der Waals surface area contributed by atoms with Gasteiger partial charge in [-0.15, -0.1) is 0 Å². The summed E-state index contributed by atoms with van der Waals surface area (Å²) in [6, 6.07) is 14.1. The van der Waals surface area contributed by atoms with E-state index in [1.165, 1.54) is 13.2 Å². The third-order valence-electron chi connectivity index (χ3n) is 3.65. The average molecular weight is 353 g/mol. The molecule has 1 N–H and O–H groups in total. The normalized spacial score (nSPS) is 10.5. The molecule has 1 amide bonds. The van der Waals surface area contributed by atoms with Crippen molar-refractivity contribution in [2.75, 3.05) is 19.0 Å². The summed E-state index contributed by atoms with van der Waals surface area (Å²) in [6.07, 6.45) is 5.32. The molecule has 5 heteroatoms. The van der Waals surface area contributed by atoms with Crippen molar-refractivity contribution in [2.24, 2.45) is 0 Å². The first-order valence-electron chi connectivity index (χ1n) is 8.52. The van der Waals surface area contributed by atoms with Gasteiger partial charge in [0.15, 0.2) is 0 Å². The lowest BCUT2D eigenvalue weighted by atomic mass is 10.2. The van der Waals surface area contributed by atoms with Crippen LogP contribution in [0.4, 0.5) is 5.69 Å². The van der Waals surface area contributed by atoms with Crippen LogP contribution < -0.4 is 10.1 Å². The van der Waals surface area contributed by atoms with Gasteiger partial charge in [-0.25, -0.2) is 4.79 Å². The van der Waals surface area contributed by atoms with Gasteiger partial charge < -0.3 is 14.8 Å². The smallest absolute Gasteiger partial charge is 0.337 e. The number of esters is 1. The number of unbranched alkanes of at least 4 members (excludes halogenated alkanes) is 1. The maximum absolute atomic E-state index is 12.0. The molecule has 0 radical (unpaired) electrons. The van der Waals surface area contributed by atoms with Crippen molar-refractivity contribution in [2.45, 2.75) is 19.8 Å². The first-order chi connectivity index (χ1) is 12.6. The number of rotatable bonds is 8. The molecule has 2 rings (SSSR count). The molecule has 0 spiro atoms. The zero-order chi connectivity index (χ0) is 18.8. The Morgan fingerprint density at radius 1 is 1.04 bits per heavy atom. The fraction of sp³-hybridized carbons (Fsp3) is 0.238. The van der Waals surface area contributed by atoms with Gasteiger partial charge in [0.25, 0.3) is 0 Å². The summed E-state index contributed by atoms with van der Waals surface area (Å²) in [4.78, 5) is 23.4. The molecule has 0 fully saturated rings. The van der Waals surface area contributed by atoms with Crippen molar-refractivity contribution in [3.8, 4) is 5.75 Å². The Morgan fingerprint density at radius 3 is 2.35 bits per heavy atom. The summed E-state index contributed by atoms with van der Waals surface area (Å²) in [5.74, 6) is 0.162. The van der Waals surface area contributed by atoms with E-state index in [0.717, 1.165) is 24.2 Å². The van der Waals surface area contributed by atoms with Gasteiger partial charge in [-0.2, -0.15) is 0 Å². The molecule has 0 aliphatic carbocycles. The van der Waals surface area contributed by atoms with Gasteiger partial charge >= 0.3 is 5.97 Å². The molecule has 136 valence electrons. The molecule has 0 unspecified atom stereocenters. The van der Waals surface area contributed by atoms with Crippen LogP contribution in [0.3, 0.4) is 0 Å². The first-order valence-corrected chi connectivity index (χ1v) is 8.52. The second-order valence-corrected chi connectivity index (χ2v) is 5.66. The SMILES string of the molecule is CCCCOc1ccc(C=CC(=O)Nc2ccc(C(=O)OC)cc2)cc1. The Hall–Kier alpha value is -3.08. The predicted octanol–water partition coefficient (Wildman–Crippen LogP) is 4.30. The molecule has 0 saturated carbocycles. The third kappa shape index (κ3) is 6.09. The Balaban J connectivity index is 1.87. The molecule has 0 heterocycles. The molecule has 0 atom stereocenters. The van der Waals surface area contributed by atoms with Crippen molar-refractivity contribution in [1.29, 1.82) is 0 Å². The van der Waals surface area contributed by atoms with Crippen molar-refractivity contribution < 1.29 is 19.1 Å². The van der Waals surface area contributed by atoms with Gasteiger partial charge in [0.05, 0.1) is 19.3 Å². The quantitative estimate of drug-likeness (QED) is 0.436. The highest BCUT2D eigenvalue weighted by atomic mass is 16.5. The summed E-state index contributed by atoms with van der Waals surface area (Å²) in [6.45, 7) is 2.83. The molecule has 26 heavy (non-hydrogen) atoms. The van der Waals surface area contributed by atoms with Crippen LogP contribution in [-0.4, -0.2) is 25.6 Å². The van der Waals surface area contributed by atoms with E-state index in [-0.39, 0.29) is 5.91 Å². The van der Waals surface area contributed by atoms with E-state index in [0.29, 0.717) is 17.9 Å². The molecular formula is C21H23NO4. The number of nitrogens with one attached hydrogen (secondary N) is 1. The lowest BCUT2D eigenvalue weighted by Gasteiger charge is -2.05. The highest BCUT2D eigenvalue weighted by Gasteiger charge is 2.05. The van der Waals surface area contributed by atoms with Crippen LogP contribution in [0.15, 0.2) is 54.6 Å². The topological polar surface area (TPSA) is 64.6 Å². The monoisotopic (exact) mass is 353 g/mol. The molecule has 0 aromatic heterocycles. The molecule has 0 saturated heterocycles. The number of amides is 1. The number of ether oxygens (including phenoxy) is 2. The number of carbonyl (C=O) groups is 2. The number of hydrogen-bond acceptors (Lipinski definition) is 4. The number of carbonyl (C=O) groups excluding carboxylic acids is 2. The van der Waals surface area contributed by atoms with Gasteiger partial charge in [-0.05, 0) is 54.5 Å². The minimum Gasteiger partial charge on any atom is -0.494 e. The van der Waals surface area contributed by atoms with Crippen LogP contribution >= 0.6 is 0 Å². The number of anilines is 1. The Bertz CT molecular complexity index is 749. The predicted molar refractivity (Wildman–Crippen MR) is 102 cm³/mol. The molecule has 0 aliphatic rings. The van der Waals surface area contributed by atoms with Crippen LogP contribution in [0.1, 0.15) is 35.7 Å². The van der Waals surface area contributed by atoms with Crippen LogP contribution in [0.25, 0.3) is 6.08 Å². The van der Waals surface area contributed by atoms with Gasteiger partial charge in [0.1, 0.15) is 5.75 Å². The van der Waals surface area contributed by atoms with E-state index >= 15 is 0 Å². The maximum atomic E-state index is 12.0. The second-order valence-electron chi connectivity index (χ2n) is 5.66. The first kappa shape index (κ1) is 19.2. The van der Waals surface area contributed by atoms with Gasteiger partial charge in [-0.1, -0.05) is 25.5 Å². The standard InChI is InChI=1S/C21H23NO4/c1-3-4-15-26-19-12-5-16(6-13-19)7-14-20(23)22-18-10-8-17(9-11-18)21(24)25-2/h5-14H,3-4,15H2,1-2H3,(H,22,23). The molecule has 2 aromatic carbocycles.